The van der Waals surface area contributed by atoms with Gasteiger partial charge >= 0.3 is 0 Å². The fraction of sp³-hybridized carbons (Fsp3) is 0.438. The molecule has 17 heavy (non-hydrogen) atoms. The highest BCUT2D eigenvalue weighted by atomic mass is 14.7. The fourth-order valence-electron chi connectivity index (χ4n) is 1.79. The van der Waals surface area contributed by atoms with E-state index in [2.05, 4.69) is 56.1 Å². The number of benzene rings is 1. The molecule has 0 aliphatic rings. The summed E-state index contributed by atoms with van der Waals surface area (Å²) in [5.41, 5.74) is 5.06. The van der Waals surface area contributed by atoms with Gasteiger partial charge in [0.25, 0.3) is 0 Å². The minimum atomic E-state index is 0.628. The van der Waals surface area contributed by atoms with Crippen LogP contribution in [0.5, 0.6) is 0 Å². The number of rotatable bonds is 4. The number of hydrogen-bond donors (Lipinski definition) is 0. The molecule has 1 atom stereocenters. The van der Waals surface area contributed by atoms with Crippen LogP contribution in [0.2, 0.25) is 0 Å². The van der Waals surface area contributed by atoms with E-state index in [1.807, 2.05) is 14.0 Å². The van der Waals surface area contributed by atoms with Gasteiger partial charge in [-0.3, -0.25) is 4.99 Å². The SMILES string of the molecule is CCC(C)c1cccc(/C(C)=C/C(C)=NC)c1. The molecule has 92 valence electrons. The standard InChI is InChI=1S/C16H23N/c1-6-12(2)15-8-7-9-16(11-15)13(3)10-14(4)17-5/h7-12H,6H2,1-5H3/b13-10+,17-14?. The molecular formula is C16H23N. The molecule has 0 bridgehead atoms. The van der Waals surface area contributed by atoms with Gasteiger partial charge < -0.3 is 0 Å². The lowest BCUT2D eigenvalue weighted by Crippen LogP contribution is -1.93. The third-order valence-corrected chi connectivity index (χ3v) is 3.30. The van der Waals surface area contributed by atoms with Crippen molar-refractivity contribution in [2.75, 3.05) is 7.05 Å². The van der Waals surface area contributed by atoms with Crippen LogP contribution in [0, 0.1) is 0 Å². The first kappa shape index (κ1) is 13.7. The van der Waals surface area contributed by atoms with Crippen molar-refractivity contribution in [3.8, 4) is 0 Å². The minimum Gasteiger partial charge on any atom is -0.293 e. The van der Waals surface area contributed by atoms with E-state index in [-0.39, 0.29) is 0 Å². The van der Waals surface area contributed by atoms with Gasteiger partial charge in [-0.25, -0.2) is 0 Å². The van der Waals surface area contributed by atoms with Crippen LogP contribution in [0.15, 0.2) is 35.3 Å². The normalized spacial score (nSPS) is 14.9. The highest BCUT2D eigenvalue weighted by molar-refractivity contribution is 5.98. The molecule has 0 aliphatic carbocycles. The lowest BCUT2D eigenvalue weighted by atomic mass is 9.95. The van der Waals surface area contributed by atoms with E-state index in [4.69, 9.17) is 0 Å². The average molecular weight is 229 g/mol. The summed E-state index contributed by atoms with van der Waals surface area (Å²) in [5.74, 6) is 0.628. The van der Waals surface area contributed by atoms with Crippen molar-refractivity contribution in [1.29, 1.82) is 0 Å². The van der Waals surface area contributed by atoms with Crippen molar-refractivity contribution in [2.24, 2.45) is 4.99 Å². The van der Waals surface area contributed by atoms with Crippen LogP contribution in [0.4, 0.5) is 0 Å². The Balaban J connectivity index is 3.03. The Morgan fingerprint density at radius 2 is 2.06 bits per heavy atom. The van der Waals surface area contributed by atoms with Gasteiger partial charge in [-0.15, -0.1) is 0 Å². The first-order valence-electron chi connectivity index (χ1n) is 6.30. The second-order valence-corrected chi connectivity index (χ2v) is 4.63. The number of hydrogen-bond acceptors (Lipinski definition) is 1. The van der Waals surface area contributed by atoms with Gasteiger partial charge in [0.15, 0.2) is 0 Å². The van der Waals surface area contributed by atoms with Gasteiger partial charge in [0, 0.05) is 12.8 Å². The maximum atomic E-state index is 4.17. The molecule has 1 aromatic rings. The van der Waals surface area contributed by atoms with Crippen LogP contribution in [-0.4, -0.2) is 12.8 Å². The van der Waals surface area contributed by atoms with Crippen LogP contribution in [0.25, 0.3) is 5.57 Å². The van der Waals surface area contributed by atoms with Gasteiger partial charge in [-0.2, -0.15) is 0 Å². The van der Waals surface area contributed by atoms with Crippen molar-refractivity contribution in [3.05, 3.63) is 41.5 Å². The summed E-state index contributed by atoms with van der Waals surface area (Å²) in [4.78, 5) is 4.17. The van der Waals surface area contributed by atoms with Crippen molar-refractivity contribution in [1.82, 2.24) is 0 Å². The van der Waals surface area contributed by atoms with E-state index in [0.717, 1.165) is 5.71 Å². The maximum Gasteiger partial charge on any atom is 0.0316 e. The van der Waals surface area contributed by atoms with E-state index in [1.165, 1.54) is 23.1 Å². The first-order chi connectivity index (χ1) is 8.08. The third-order valence-electron chi connectivity index (χ3n) is 3.30. The predicted octanol–water partition coefficient (Wildman–Crippen LogP) is 4.69. The van der Waals surface area contributed by atoms with Crippen LogP contribution in [0.1, 0.15) is 51.2 Å². The second-order valence-electron chi connectivity index (χ2n) is 4.63. The zero-order valence-electron chi connectivity index (χ0n) is 11.6. The molecule has 1 rings (SSSR count). The first-order valence-corrected chi connectivity index (χ1v) is 6.30. The molecule has 0 fully saturated rings. The molecule has 0 heterocycles. The number of nitrogens with zero attached hydrogens (tertiary/aromatic N) is 1. The van der Waals surface area contributed by atoms with Gasteiger partial charge in [-0.05, 0) is 49.0 Å². The molecule has 1 unspecified atom stereocenters. The molecule has 1 aromatic carbocycles. The smallest absolute Gasteiger partial charge is 0.0316 e. The Bertz CT molecular complexity index is 427. The molecular weight excluding hydrogens is 206 g/mol. The Morgan fingerprint density at radius 3 is 2.65 bits per heavy atom. The van der Waals surface area contributed by atoms with Gasteiger partial charge in [0.05, 0.1) is 0 Å². The average Bonchev–Trinajstić information content (AvgIpc) is 2.37. The van der Waals surface area contributed by atoms with E-state index in [1.54, 1.807) is 0 Å². The Hall–Kier alpha value is -1.37. The molecule has 0 radical (unpaired) electrons. The summed E-state index contributed by atoms with van der Waals surface area (Å²) in [6, 6.07) is 8.82. The summed E-state index contributed by atoms with van der Waals surface area (Å²) < 4.78 is 0. The molecule has 0 aliphatic heterocycles. The van der Waals surface area contributed by atoms with Crippen molar-refractivity contribution < 1.29 is 0 Å². The van der Waals surface area contributed by atoms with Gasteiger partial charge in [0.1, 0.15) is 0 Å². The lowest BCUT2D eigenvalue weighted by Gasteiger charge is -2.11. The maximum absolute atomic E-state index is 4.17. The predicted molar refractivity (Wildman–Crippen MR) is 77.8 cm³/mol. The monoisotopic (exact) mass is 229 g/mol. The van der Waals surface area contributed by atoms with Crippen molar-refractivity contribution in [2.45, 2.75) is 40.0 Å². The molecule has 0 N–H and O–H groups in total. The van der Waals surface area contributed by atoms with Crippen LogP contribution in [0.3, 0.4) is 0 Å². The van der Waals surface area contributed by atoms with Gasteiger partial charge in [-0.1, -0.05) is 38.1 Å². The van der Waals surface area contributed by atoms with E-state index in [0.29, 0.717) is 5.92 Å². The topological polar surface area (TPSA) is 12.4 Å². The molecule has 0 amide bonds. The fourth-order valence-corrected chi connectivity index (χ4v) is 1.79. The summed E-state index contributed by atoms with van der Waals surface area (Å²) in [6.07, 6.45) is 3.32. The zero-order valence-corrected chi connectivity index (χ0v) is 11.6. The molecule has 0 spiro atoms. The Kier molecular flexibility index (Phi) is 5.14. The molecule has 1 heteroatoms. The Labute approximate surface area is 105 Å². The summed E-state index contributed by atoms with van der Waals surface area (Å²) >= 11 is 0. The van der Waals surface area contributed by atoms with Crippen LogP contribution >= 0.6 is 0 Å². The van der Waals surface area contributed by atoms with Crippen molar-refractivity contribution >= 4 is 11.3 Å². The summed E-state index contributed by atoms with van der Waals surface area (Å²) in [7, 11) is 1.83. The summed E-state index contributed by atoms with van der Waals surface area (Å²) in [5, 5.41) is 0. The molecule has 0 aromatic heterocycles. The largest absolute Gasteiger partial charge is 0.293 e. The third kappa shape index (κ3) is 3.85. The number of aliphatic imine (C=N–C) groups is 1. The lowest BCUT2D eigenvalue weighted by molar-refractivity contribution is 0.733. The highest BCUT2D eigenvalue weighted by Crippen LogP contribution is 2.22. The zero-order chi connectivity index (χ0) is 12.8. The quantitative estimate of drug-likeness (QED) is 0.664. The van der Waals surface area contributed by atoms with Gasteiger partial charge in [0.2, 0.25) is 0 Å². The number of allylic oxidation sites excluding steroid dienone is 2. The van der Waals surface area contributed by atoms with Crippen LogP contribution in [-0.2, 0) is 0 Å². The Morgan fingerprint density at radius 1 is 1.35 bits per heavy atom. The van der Waals surface area contributed by atoms with E-state index in [9.17, 15) is 0 Å². The second kappa shape index (κ2) is 6.39. The molecule has 0 saturated heterocycles. The summed E-state index contributed by atoms with van der Waals surface area (Å²) in [6.45, 7) is 8.68. The molecule has 0 saturated carbocycles. The minimum absolute atomic E-state index is 0.628. The van der Waals surface area contributed by atoms with E-state index >= 15 is 0 Å². The van der Waals surface area contributed by atoms with Crippen molar-refractivity contribution in [3.63, 3.8) is 0 Å². The van der Waals surface area contributed by atoms with E-state index < -0.39 is 0 Å². The van der Waals surface area contributed by atoms with Crippen LogP contribution < -0.4 is 0 Å². The molecule has 1 nitrogen and oxygen atoms in total. The highest BCUT2D eigenvalue weighted by Gasteiger charge is 2.04.